The van der Waals surface area contributed by atoms with E-state index in [1.165, 1.54) is 6.07 Å². The summed E-state index contributed by atoms with van der Waals surface area (Å²) < 4.78 is 9.91. The van der Waals surface area contributed by atoms with E-state index in [1.807, 2.05) is 74.3 Å². The Balaban J connectivity index is 0.954. The van der Waals surface area contributed by atoms with Crippen LogP contribution in [0.4, 0.5) is 5.69 Å². The van der Waals surface area contributed by atoms with Gasteiger partial charge in [-0.2, -0.15) is 5.10 Å². The van der Waals surface area contributed by atoms with E-state index in [0.717, 1.165) is 60.8 Å². The van der Waals surface area contributed by atoms with Crippen molar-refractivity contribution in [1.82, 2.24) is 34.4 Å². The number of carbonyl (C=O) groups is 6. The zero-order valence-corrected chi connectivity index (χ0v) is 37.3. The van der Waals surface area contributed by atoms with Crippen LogP contribution in [0.25, 0.3) is 22.0 Å². The first-order valence-electron chi connectivity index (χ1n) is 21.5. The maximum atomic E-state index is 13.5. The van der Waals surface area contributed by atoms with Crippen LogP contribution in [0.15, 0.2) is 48.5 Å². The second-order valence-corrected chi connectivity index (χ2v) is 17.1. The fourth-order valence-corrected chi connectivity index (χ4v) is 9.51. The van der Waals surface area contributed by atoms with Crippen molar-refractivity contribution in [2.24, 2.45) is 7.05 Å². The van der Waals surface area contributed by atoms with Gasteiger partial charge in [0.1, 0.15) is 17.5 Å². The molecule has 0 bridgehead atoms. The Bertz CT molecular complexity index is 2730. The molecular weight excluding hydrogens is 840 g/mol. The first kappa shape index (κ1) is 44.1. The number of rotatable bonds is 14. The number of aryl methyl sites for hydroxylation is 5. The number of hydrogen-bond acceptors (Lipinski definition) is 10. The van der Waals surface area contributed by atoms with E-state index in [9.17, 15) is 33.9 Å². The molecule has 0 saturated carbocycles. The van der Waals surface area contributed by atoms with Crippen LogP contribution in [0.2, 0.25) is 5.02 Å². The summed E-state index contributed by atoms with van der Waals surface area (Å²) in [7, 11) is 1.90. The van der Waals surface area contributed by atoms with E-state index in [-0.39, 0.29) is 42.1 Å². The van der Waals surface area contributed by atoms with Gasteiger partial charge < -0.3 is 24.6 Å². The normalized spacial score (nSPS) is 16.8. The number of piperazine rings is 1. The van der Waals surface area contributed by atoms with E-state index >= 15 is 0 Å². The molecular formula is C47H51ClN8O8. The Morgan fingerprint density at radius 3 is 2.30 bits per heavy atom. The number of hydrogen-bond donors (Lipinski definition) is 3. The molecule has 2 saturated heterocycles. The average Bonchev–Trinajstić information content (AvgIpc) is 3.83. The zero-order valence-electron chi connectivity index (χ0n) is 36.5. The summed E-state index contributed by atoms with van der Waals surface area (Å²) in [6.45, 7) is 11.0. The van der Waals surface area contributed by atoms with Crippen molar-refractivity contribution < 1.29 is 38.6 Å². The molecule has 3 aromatic carbocycles. The van der Waals surface area contributed by atoms with Crippen LogP contribution in [0.3, 0.4) is 0 Å². The van der Waals surface area contributed by atoms with Gasteiger partial charge in [-0.1, -0.05) is 35.9 Å². The predicted molar refractivity (Wildman–Crippen MR) is 240 cm³/mol. The number of aromatic nitrogens is 3. The lowest BCUT2D eigenvalue weighted by Gasteiger charge is -2.35. The number of carbonyl (C=O) groups excluding carboxylic acids is 5. The number of imide groups is 2. The lowest BCUT2D eigenvalue weighted by molar-refractivity contribution is -0.136. The van der Waals surface area contributed by atoms with Crippen LogP contribution in [0.5, 0.6) is 5.75 Å². The number of halogens is 1. The van der Waals surface area contributed by atoms with Gasteiger partial charge in [0.05, 0.1) is 35.5 Å². The second kappa shape index (κ2) is 17.9. The van der Waals surface area contributed by atoms with Gasteiger partial charge in [-0.25, -0.2) is 4.79 Å². The highest BCUT2D eigenvalue weighted by molar-refractivity contribution is 6.32. The van der Waals surface area contributed by atoms with E-state index in [1.54, 1.807) is 17.0 Å². The summed E-state index contributed by atoms with van der Waals surface area (Å²) in [5.74, 6) is -2.91. The number of amides is 5. The average molecular weight is 891 g/mol. The standard InChI is InChI=1S/C47H51ClN8O8/c1-26-23-30(24-27(2)41(26)48)64-22-8-12-32-31-9-6-10-33(39-28(3)51-52(5)29(39)4)42(31)55(43(32)47(62)63)21-18-53-16-19-54(20-17-53)38(58)25-49-35-13-7-11-34-40(35)46(61)56(45(34)60)36-14-15-37(57)50-44(36)59/h6-7,9-11,13,23-24,36,49H,8,12,14-22,25H2,1-5H3,(H,62,63)(H,50,57,59). The number of carboxylic acids is 1. The predicted octanol–water partition coefficient (Wildman–Crippen LogP) is 5.30. The van der Waals surface area contributed by atoms with Crippen molar-refractivity contribution in [3.63, 3.8) is 0 Å². The van der Waals surface area contributed by atoms with Gasteiger partial charge in [0.15, 0.2) is 0 Å². The quantitative estimate of drug-likeness (QED) is 0.0971. The van der Waals surface area contributed by atoms with Crippen molar-refractivity contribution in [3.8, 4) is 16.9 Å². The van der Waals surface area contributed by atoms with Crippen LogP contribution in [-0.2, 0) is 34.4 Å². The summed E-state index contributed by atoms with van der Waals surface area (Å²) in [6, 6.07) is 13.5. The van der Waals surface area contributed by atoms with E-state index in [4.69, 9.17) is 16.3 Å². The van der Waals surface area contributed by atoms with Gasteiger partial charge in [-0.05, 0) is 87.9 Å². The molecule has 3 aliphatic heterocycles. The molecule has 1 unspecified atom stereocenters. The van der Waals surface area contributed by atoms with Crippen molar-refractivity contribution in [3.05, 3.63) is 98.5 Å². The number of benzene rings is 3. The fourth-order valence-electron chi connectivity index (χ4n) is 9.40. The molecule has 0 spiro atoms. The topological polar surface area (TPSA) is 188 Å². The molecule has 5 amide bonds. The Morgan fingerprint density at radius 2 is 1.62 bits per heavy atom. The molecule has 2 aromatic heterocycles. The van der Waals surface area contributed by atoms with E-state index < -0.39 is 35.6 Å². The highest BCUT2D eigenvalue weighted by Crippen LogP contribution is 2.38. The smallest absolute Gasteiger partial charge is 0.352 e. The minimum atomic E-state index is -1.10. The number of para-hydroxylation sites is 1. The van der Waals surface area contributed by atoms with Gasteiger partial charge in [0, 0.05) is 85.7 Å². The molecule has 17 heteroatoms. The summed E-state index contributed by atoms with van der Waals surface area (Å²) in [6.07, 6.45) is 1.12. The number of aromatic carboxylic acids is 1. The number of ether oxygens (including phenoxy) is 1. The Morgan fingerprint density at radius 1 is 0.922 bits per heavy atom. The monoisotopic (exact) mass is 890 g/mol. The van der Waals surface area contributed by atoms with E-state index in [2.05, 4.69) is 20.6 Å². The molecule has 64 heavy (non-hydrogen) atoms. The summed E-state index contributed by atoms with van der Waals surface area (Å²) in [5, 5.41) is 22.4. The van der Waals surface area contributed by atoms with Crippen LogP contribution in [0, 0.1) is 27.7 Å². The highest BCUT2D eigenvalue weighted by atomic mass is 35.5. The first-order chi connectivity index (χ1) is 30.6. The van der Waals surface area contributed by atoms with Gasteiger partial charge in [0.25, 0.3) is 11.8 Å². The molecule has 2 fully saturated rings. The minimum Gasteiger partial charge on any atom is -0.494 e. The second-order valence-electron chi connectivity index (χ2n) is 16.7. The fraction of sp³-hybridized carbons (Fsp3) is 0.383. The number of nitrogens with one attached hydrogen (secondary N) is 2. The number of piperidine rings is 1. The maximum absolute atomic E-state index is 13.5. The molecule has 0 radical (unpaired) electrons. The minimum absolute atomic E-state index is 0.0135. The number of anilines is 1. The molecule has 16 nitrogen and oxygen atoms in total. The third-order valence-corrected chi connectivity index (χ3v) is 13.3. The third-order valence-electron chi connectivity index (χ3n) is 12.7. The summed E-state index contributed by atoms with van der Waals surface area (Å²) >= 11 is 6.38. The molecule has 8 rings (SSSR count). The van der Waals surface area contributed by atoms with Gasteiger partial charge in [-0.3, -0.25) is 43.8 Å². The molecule has 334 valence electrons. The Labute approximate surface area is 375 Å². The lowest BCUT2D eigenvalue weighted by atomic mass is 9.98. The lowest BCUT2D eigenvalue weighted by Crippen LogP contribution is -2.54. The molecule has 5 heterocycles. The Kier molecular flexibility index (Phi) is 12.4. The van der Waals surface area contributed by atoms with Gasteiger partial charge in [0.2, 0.25) is 17.7 Å². The van der Waals surface area contributed by atoms with Crippen LogP contribution in [-0.4, -0.2) is 122 Å². The van der Waals surface area contributed by atoms with Crippen LogP contribution >= 0.6 is 11.6 Å². The Hall–Kier alpha value is -6.52. The molecule has 5 aromatic rings. The molecule has 0 aliphatic carbocycles. The molecule has 3 aliphatic rings. The zero-order chi connectivity index (χ0) is 45.6. The summed E-state index contributed by atoms with van der Waals surface area (Å²) in [4.78, 5) is 82.8. The number of carboxylic acid groups (broad SMARTS) is 1. The SMILES string of the molecule is Cc1cc(OCCCc2c(C(=O)O)n(CCN3CCN(C(=O)CNc4cccc5c4C(=O)N(C4CCC(=O)NC4=O)C5=O)CC3)c3c(-c4c(C)nn(C)c4C)cccc23)cc(C)c1Cl. The van der Waals surface area contributed by atoms with Gasteiger partial charge in [-0.15, -0.1) is 0 Å². The van der Waals surface area contributed by atoms with Crippen LogP contribution in [0.1, 0.15) is 78.5 Å². The van der Waals surface area contributed by atoms with Crippen molar-refractivity contribution in [2.75, 3.05) is 51.2 Å². The van der Waals surface area contributed by atoms with Crippen molar-refractivity contribution in [1.29, 1.82) is 0 Å². The maximum Gasteiger partial charge on any atom is 0.352 e. The van der Waals surface area contributed by atoms with E-state index in [0.29, 0.717) is 69.4 Å². The van der Waals surface area contributed by atoms with Gasteiger partial charge >= 0.3 is 5.97 Å². The molecule has 3 N–H and O–H groups in total. The van der Waals surface area contributed by atoms with Crippen molar-refractivity contribution >= 4 is 63.7 Å². The first-order valence-corrected chi connectivity index (χ1v) is 21.9. The van der Waals surface area contributed by atoms with Crippen LogP contribution < -0.4 is 15.4 Å². The number of nitrogens with zero attached hydrogens (tertiary/aromatic N) is 6. The third kappa shape index (κ3) is 8.23. The number of fused-ring (bicyclic) bond motifs is 2. The van der Waals surface area contributed by atoms with Crippen molar-refractivity contribution in [2.45, 2.75) is 66.0 Å². The largest absolute Gasteiger partial charge is 0.494 e. The highest BCUT2D eigenvalue weighted by Gasteiger charge is 2.45. The molecule has 1 atom stereocenters. The summed E-state index contributed by atoms with van der Waals surface area (Å²) in [5.41, 5.74) is 7.91.